The lowest BCUT2D eigenvalue weighted by molar-refractivity contribution is -0.0374. The summed E-state index contributed by atoms with van der Waals surface area (Å²) >= 11 is 3.35. The molecule has 2 aromatic heterocycles. The van der Waals surface area contributed by atoms with Crippen molar-refractivity contribution < 1.29 is 28.2 Å². The summed E-state index contributed by atoms with van der Waals surface area (Å²) in [6.07, 6.45) is 2.08. The van der Waals surface area contributed by atoms with Gasteiger partial charge in [0.25, 0.3) is 0 Å². The Morgan fingerprint density at radius 1 is 1.21 bits per heavy atom. The molecule has 1 amide bonds. The Labute approximate surface area is 177 Å². The molecule has 0 N–H and O–H groups in total. The SMILES string of the molecule is CCOC(=O)c1oc2cnc(Br)cc2c1N(C(=O)OCC)[C@H]1C[C@@H](C)O[C@@H](C)C1. The van der Waals surface area contributed by atoms with Crippen LogP contribution in [0.15, 0.2) is 21.3 Å². The number of halogens is 1. The van der Waals surface area contributed by atoms with E-state index in [0.717, 1.165) is 0 Å². The summed E-state index contributed by atoms with van der Waals surface area (Å²) < 4.78 is 22.7. The molecule has 158 valence electrons. The summed E-state index contributed by atoms with van der Waals surface area (Å²) in [5.74, 6) is -0.682. The van der Waals surface area contributed by atoms with Gasteiger partial charge in [-0.2, -0.15) is 0 Å². The third-order valence-electron chi connectivity index (χ3n) is 4.72. The van der Waals surface area contributed by atoms with Crippen molar-refractivity contribution >= 4 is 44.6 Å². The molecular weight excluding hydrogens is 444 g/mol. The standard InChI is InChI=1S/C20H25BrN2O6/c1-5-26-19(24)18-17(14-9-16(21)22-10-15(14)29-18)23(20(25)27-6-2)13-7-11(3)28-12(4)8-13/h9-13H,5-8H2,1-4H3/t11-,12+,13+. The van der Waals surface area contributed by atoms with E-state index >= 15 is 0 Å². The van der Waals surface area contributed by atoms with Crippen molar-refractivity contribution in [3.8, 4) is 0 Å². The lowest BCUT2D eigenvalue weighted by Gasteiger charge is -2.38. The molecule has 8 nitrogen and oxygen atoms in total. The van der Waals surface area contributed by atoms with E-state index in [4.69, 9.17) is 18.6 Å². The molecule has 1 aliphatic heterocycles. The Hall–Kier alpha value is -2.13. The maximum Gasteiger partial charge on any atom is 0.414 e. The number of carbonyl (C=O) groups excluding carboxylic acids is 2. The van der Waals surface area contributed by atoms with Gasteiger partial charge < -0.3 is 18.6 Å². The van der Waals surface area contributed by atoms with Crippen LogP contribution in [-0.2, 0) is 14.2 Å². The molecule has 29 heavy (non-hydrogen) atoms. The van der Waals surface area contributed by atoms with Gasteiger partial charge in [-0.25, -0.2) is 14.6 Å². The average Bonchev–Trinajstić information content (AvgIpc) is 3.00. The molecule has 1 saturated heterocycles. The summed E-state index contributed by atoms with van der Waals surface area (Å²) in [6, 6.07) is 1.49. The van der Waals surface area contributed by atoms with Gasteiger partial charge in [0.15, 0.2) is 5.58 Å². The third kappa shape index (κ3) is 4.56. The van der Waals surface area contributed by atoms with Gasteiger partial charge in [-0.1, -0.05) is 0 Å². The number of hydrogen-bond acceptors (Lipinski definition) is 7. The number of fused-ring (bicyclic) bond motifs is 1. The number of furan rings is 1. The van der Waals surface area contributed by atoms with E-state index in [2.05, 4.69) is 20.9 Å². The van der Waals surface area contributed by atoms with E-state index in [-0.39, 0.29) is 37.2 Å². The van der Waals surface area contributed by atoms with Crippen LogP contribution in [0.1, 0.15) is 51.1 Å². The van der Waals surface area contributed by atoms with Gasteiger partial charge >= 0.3 is 12.1 Å². The number of pyridine rings is 1. The second-order valence-electron chi connectivity index (χ2n) is 6.95. The highest BCUT2D eigenvalue weighted by molar-refractivity contribution is 9.10. The molecule has 1 aliphatic rings. The van der Waals surface area contributed by atoms with Gasteiger partial charge in [-0.15, -0.1) is 0 Å². The zero-order valence-corrected chi connectivity index (χ0v) is 18.5. The van der Waals surface area contributed by atoms with E-state index in [1.54, 1.807) is 19.9 Å². The topological polar surface area (TPSA) is 91.1 Å². The highest BCUT2D eigenvalue weighted by atomic mass is 79.9. The number of hydrogen-bond donors (Lipinski definition) is 0. The number of anilines is 1. The van der Waals surface area contributed by atoms with E-state index in [1.165, 1.54) is 11.1 Å². The maximum absolute atomic E-state index is 13.1. The van der Waals surface area contributed by atoms with Gasteiger partial charge in [0.2, 0.25) is 5.76 Å². The fraction of sp³-hybridized carbons (Fsp3) is 0.550. The second-order valence-corrected chi connectivity index (χ2v) is 7.77. The Morgan fingerprint density at radius 2 is 1.86 bits per heavy atom. The highest BCUT2D eigenvalue weighted by Gasteiger charge is 2.38. The summed E-state index contributed by atoms with van der Waals surface area (Å²) in [4.78, 5) is 31.4. The molecular formula is C20H25BrN2O6. The summed E-state index contributed by atoms with van der Waals surface area (Å²) in [7, 11) is 0. The Balaban J connectivity index is 2.19. The minimum absolute atomic E-state index is 0.0402. The predicted octanol–water partition coefficient (Wildman–Crippen LogP) is 4.69. The van der Waals surface area contributed by atoms with Crippen LogP contribution in [0.25, 0.3) is 11.0 Å². The van der Waals surface area contributed by atoms with Gasteiger partial charge in [0.1, 0.15) is 10.3 Å². The second kappa shape index (κ2) is 9.13. The van der Waals surface area contributed by atoms with Gasteiger partial charge in [0, 0.05) is 11.4 Å². The molecule has 0 unspecified atom stereocenters. The number of ether oxygens (including phenoxy) is 3. The van der Waals surface area contributed by atoms with Crippen molar-refractivity contribution in [1.82, 2.24) is 4.98 Å². The molecule has 0 radical (unpaired) electrons. The van der Waals surface area contributed by atoms with Crippen LogP contribution < -0.4 is 4.90 Å². The van der Waals surface area contributed by atoms with E-state index in [1.807, 2.05) is 13.8 Å². The smallest absolute Gasteiger partial charge is 0.414 e. The van der Waals surface area contributed by atoms with Crippen LogP contribution in [0.2, 0.25) is 0 Å². The van der Waals surface area contributed by atoms with Gasteiger partial charge in [-0.05, 0) is 62.5 Å². The zero-order chi connectivity index (χ0) is 21.1. The third-order valence-corrected chi connectivity index (χ3v) is 5.15. The molecule has 0 aliphatic carbocycles. The summed E-state index contributed by atoms with van der Waals surface area (Å²) in [5, 5.41) is 0.578. The fourth-order valence-electron chi connectivity index (χ4n) is 3.74. The van der Waals surface area contributed by atoms with E-state index in [9.17, 15) is 9.59 Å². The van der Waals surface area contributed by atoms with Crippen molar-refractivity contribution in [2.75, 3.05) is 18.1 Å². The normalized spacial score (nSPS) is 21.8. The highest BCUT2D eigenvalue weighted by Crippen LogP contribution is 2.39. The first-order valence-electron chi connectivity index (χ1n) is 9.72. The van der Waals surface area contributed by atoms with Crippen molar-refractivity contribution in [3.05, 3.63) is 22.6 Å². The van der Waals surface area contributed by atoms with Crippen molar-refractivity contribution in [1.29, 1.82) is 0 Å². The Morgan fingerprint density at radius 3 is 2.48 bits per heavy atom. The lowest BCUT2D eigenvalue weighted by atomic mass is 9.97. The predicted molar refractivity (Wildman–Crippen MR) is 110 cm³/mol. The number of esters is 1. The van der Waals surface area contributed by atoms with E-state index < -0.39 is 12.1 Å². The first-order chi connectivity index (χ1) is 13.8. The van der Waals surface area contributed by atoms with Crippen molar-refractivity contribution in [3.63, 3.8) is 0 Å². The van der Waals surface area contributed by atoms with Crippen LogP contribution in [0.5, 0.6) is 0 Å². The quantitative estimate of drug-likeness (QED) is 0.464. The summed E-state index contributed by atoms with van der Waals surface area (Å²) in [5.41, 5.74) is 0.722. The van der Waals surface area contributed by atoms with Crippen LogP contribution >= 0.6 is 15.9 Å². The first-order valence-corrected chi connectivity index (χ1v) is 10.5. The molecule has 2 aromatic rings. The van der Waals surface area contributed by atoms with Crippen LogP contribution in [-0.4, -0.2) is 48.5 Å². The first kappa shape index (κ1) is 21.6. The lowest BCUT2D eigenvalue weighted by Crippen LogP contribution is -2.48. The monoisotopic (exact) mass is 468 g/mol. The molecule has 0 aromatic carbocycles. The average molecular weight is 469 g/mol. The molecule has 0 saturated carbocycles. The maximum atomic E-state index is 13.1. The number of rotatable bonds is 5. The minimum Gasteiger partial charge on any atom is -0.460 e. The Bertz CT molecular complexity index is 888. The largest absolute Gasteiger partial charge is 0.460 e. The minimum atomic E-state index is -0.641. The van der Waals surface area contributed by atoms with Gasteiger partial charge in [0.05, 0.1) is 31.6 Å². The summed E-state index contributed by atoms with van der Waals surface area (Å²) in [6.45, 7) is 7.77. The van der Waals surface area contributed by atoms with E-state index in [0.29, 0.717) is 34.1 Å². The number of carbonyl (C=O) groups is 2. The molecule has 3 heterocycles. The molecule has 3 atom stereocenters. The van der Waals surface area contributed by atoms with Crippen molar-refractivity contribution in [2.45, 2.75) is 58.8 Å². The van der Waals surface area contributed by atoms with Crippen LogP contribution in [0.4, 0.5) is 10.5 Å². The Kier molecular flexibility index (Phi) is 6.79. The number of aromatic nitrogens is 1. The van der Waals surface area contributed by atoms with Gasteiger partial charge in [-0.3, -0.25) is 4.90 Å². The fourth-order valence-corrected chi connectivity index (χ4v) is 4.07. The molecule has 9 heteroatoms. The molecule has 1 fully saturated rings. The molecule has 3 rings (SSSR count). The number of nitrogens with zero attached hydrogens (tertiary/aromatic N) is 2. The number of amides is 1. The van der Waals surface area contributed by atoms with Crippen molar-refractivity contribution in [2.24, 2.45) is 0 Å². The molecule has 0 spiro atoms. The zero-order valence-electron chi connectivity index (χ0n) is 16.9. The molecule has 0 bridgehead atoms. The van der Waals surface area contributed by atoms with Crippen LogP contribution in [0.3, 0.4) is 0 Å². The van der Waals surface area contributed by atoms with Crippen LogP contribution in [0, 0.1) is 0 Å².